The normalized spacial score (nSPS) is 18.3. The van der Waals surface area contributed by atoms with Crippen LogP contribution in [-0.4, -0.2) is 71.6 Å². The molecule has 0 spiro atoms. The van der Waals surface area contributed by atoms with E-state index in [-0.39, 0.29) is 5.91 Å². The average molecular weight is 266 g/mol. The molecule has 1 aromatic rings. The van der Waals surface area contributed by atoms with Gasteiger partial charge in [-0.2, -0.15) is 0 Å². The Bertz CT molecular complexity index is 426. The van der Waals surface area contributed by atoms with Crippen LogP contribution in [0.2, 0.25) is 0 Å². The van der Waals surface area contributed by atoms with E-state index in [9.17, 15) is 4.79 Å². The van der Waals surface area contributed by atoms with Crippen LogP contribution in [0.1, 0.15) is 23.2 Å². The Kier molecular flexibility index (Phi) is 4.55. The van der Waals surface area contributed by atoms with Crippen molar-refractivity contribution < 1.29 is 9.53 Å². The van der Waals surface area contributed by atoms with Gasteiger partial charge in [-0.3, -0.25) is 9.69 Å². The van der Waals surface area contributed by atoms with Crippen molar-refractivity contribution in [2.24, 2.45) is 0 Å². The molecule has 1 aliphatic rings. The SMILES string of the molecule is Cc1cnc(C(=O)N(C)CC(C)N2CCOCC2)[nH]1. The average Bonchev–Trinajstić information content (AvgIpc) is 2.85. The number of rotatable bonds is 4. The quantitative estimate of drug-likeness (QED) is 0.862. The number of aromatic nitrogens is 2. The summed E-state index contributed by atoms with van der Waals surface area (Å²) in [5, 5.41) is 0. The number of hydrogen-bond acceptors (Lipinski definition) is 4. The van der Waals surface area contributed by atoms with E-state index in [0.29, 0.717) is 18.4 Å². The summed E-state index contributed by atoms with van der Waals surface area (Å²) in [5.74, 6) is 0.349. The van der Waals surface area contributed by atoms with Gasteiger partial charge < -0.3 is 14.6 Å². The molecule has 6 heteroatoms. The first-order valence-electron chi connectivity index (χ1n) is 6.67. The van der Waals surface area contributed by atoms with Crippen molar-refractivity contribution in [1.82, 2.24) is 19.8 Å². The zero-order valence-electron chi connectivity index (χ0n) is 11.8. The number of hydrogen-bond donors (Lipinski definition) is 1. The van der Waals surface area contributed by atoms with Crippen molar-refractivity contribution in [1.29, 1.82) is 0 Å². The van der Waals surface area contributed by atoms with Crippen LogP contribution in [0.15, 0.2) is 6.20 Å². The highest BCUT2D eigenvalue weighted by Crippen LogP contribution is 2.07. The molecule has 6 nitrogen and oxygen atoms in total. The zero-order chi connectivity index (χ0) is 13.8. The second-order valence-electron chi connectivity index (χ2n) is 5.10. The van der Waals surface area contributed by atoms with Gasteiger partial charge in [0.2, 0.25) is 0 Å². The predicted molar refractivity (Wildman–Crippen MR) is 72.1 cm³/mol. The number of likely N-dealkylation sites (N-methyl/N-ethyl adjacent to an activating group) is 1. The number of H-pyrrole nitrogens is 1. The molecular weight excluding hydrogens is 244 g/mol. The van der Waals surface area contributed by atoms with Gasteiger partial charge >= 0.3 is 0 Å². The summed E-state index contributed by atoms with van der Waals surface area (Å²) in [7, 11) is 1.82. The van der Waals surface area contributed by atoms with Gasteiger partial charge in [0.25, 0.3) is 5.91 Å². The molecule has 0 radical (unpaired) electrons. The van der Waals surface area contributed by atoms with Gasteiger partial charge in [-0.25, -0.2) is 4.98 Å². The number of nitrogens with one attached hydrogen (secondary N) is 1. The predicted octanol–water partition coefficient (Wildman–Crippen LogP) is 0.511. The molecule has 0 saturated carbocycles. The lowest BCUT2D eigenvalue weighted by atomic mass is 10.2. The molecule has 2 rings (SSSR count). The highest BCUT2D eigenvalue weighted by Gasteiger charge is 2.21. The summed E-state index contributed by atoms with van der Waals surface area (Å²) in [6.45, 7) is 8.14. The van der Waals surface area contributed by atoms with E-state index in [2.05, 4.69) is 21.8 Å². The van der Waals surface area contributed by atoms with E-state index in [0.717, 1.165) is 32.0 Å². The Morgan fingerprint density at radius 1 is 1.58 bits per heavy atom. The fourth-order valence-corrected chi connectivity index (χ4v) is 2.32. The highest BCUT2D eigenvalue weighted by molar-refractivity contribution is 5.90. The Balaban J connectivity index is 1.89. The lowest BCUT2D eigenvalue weighted by Gasteiger charge is -2.34. The zero-order valence-corrected chi connectivity index (χ0v) is 11.8. The van der Waals surface area contributed by atoms with E-state index in [1.165, 1.54) is 0 Å². The van der Waals surface area contributed by atoms with Crippen LogP contribution in [-0.2, 0) is 4.74 Å². The van der Waals surface area contributed by atoms with Crippen LogP contribution in [0.5, 0.6) is 0 Å². The van der Waals surface area contributed by atoms with Crippen LogP contribution in [0.4, 0.5) is 0 Å². The number of imidazole rings is 1. The number of ether oxygens (including phenoxy) is 1. The first-order chi connectivity index (χ1) is 9.08. The molecule has 106 valence electrons. The van der Waals surface area contributed by atoms with Gasteiger partial charge in [-0.1, -0.05) is 0 Å². The molecule has 1 atom stereocenters. The topological polar surface area (TPSA) is 61.5 Å². The maximum atomic E-state index is 12.2. The molecule has 1 amide bonds. The molecule has 0 aromatic carbocycles. The molecule has 1 unspecified atom stereocenters. The van der Waals surface area contributed by atoms with Crippen molar-refractivity contribution in [3.63, 3.8) is 0 Å². The smallest absolute Gasteiger partial charge is 0.289 e. The van der Waals surface area contributed by atoms with Crippen molar-refractivity contribution >= 4 is 5.91 Å². The Hall–Kier alpha value is -1.40. The van der Waals surface area contributed by atoms with Crippen molar-refractivity contribution in [2.45, 2.75) is 19.9 Å². The first-order valence-corrected chi connectivity index (χ1v) is 6.67. The van der Waals surface area contributed by atoms with Gasteiger partial charge in [0.05, 0.1) is 13.2 Å². The minimum Gasteiger partial charge on any atom is -0.379 e. The number of amides is 1. The lowest BCUT2D eigenvalue weighted by Crippen LogP contribution is -2.47. The summed E-state index contributed by atoms with van der Waals surface area (Å²) < 4.78 is 5.34. The minimum atomic E-state index is -0.0618. The van der Waals surface area contributed by atoms with Crippen molar-refractivity contribution in [2.75, 3.05) is 39.9 Å². The fraction of sp³-hybridized carbons (Fsp3) is 0.692. The third-order valence-electron chi connectivity index (χ3n) is 3.46. The highest BCUT2D eigenvalue weighted by atomic mass is 16.5. The third-order valence-corrected chi connectivity index (χ3v) is 3.46. The number of carbonyl (C=O) groups excluding carboxylic acids is 1. The van der Waals surface area contributed by atoms with Gasteiger partial charge in [0, 0.05) is 44.6 Å². The summed E-state index contributed by atoms with van der Waals surface area (Å²) in [5.41, 5.74) is 0.901. The fourth-order valence-electron chi connectivity index (χ4n) is 2.32. The monoisotopic (exact) mass is 266 g/mol. The Labute approximate surface area is 113 Å². The molecule has 2 heterocycles. The molecule has 1 saturated heterocycles. The lowest BCUT2D eigenvalue weighted by molar-refractivity contribution is 0.0141. The van der Waals surface area contributed by atoms with E-state index < -0.39 is 0 Å². The molecule has 19 heavy (non-hydrogen) atoms. The number of morpholine rings is 1. The van der Waals surface area contributed by atoms with Gasteiger partial charge in [0.15, 0.2) is 5.82 Å². The van der Waals surface area contributed by atoms with Crippen molar-refractivity contribution in [3.05, 3.63) is 17.7 Å². The molecule has 1 fully saturated rings. The largest absolute Gasteiger partial charge is 0.379 e. The van der Waals surface area contributed by atoms with Crippen LogP contribution in [0.3, 0.4) is 0 Å². The number of carbonyl (C=O) groups is 1. The van der Waals surface area contributed by atoms with E-state index in [1.807, 2.05) is 14.0 Å². The van der Waals surface area contributed by atoms with Gasteiger partial charge in [-0.15, -0.1) is 0 Å². The Morgan fingerprint density at radius 3 is 2.84 bits per heavy atom. The van der Waals surface area contributed by atoms with Crippen LogP contribution >= 0.6 is 0 Å². The molecule has 1 N–H and O–H groups in total. The second kappa shape index (κ2) is 6.16. The van der Waals surface area contributed by atoms with Crippen LogP contribution in [0, 0.1) is 6.92 Å². The molecular formula is C13H22N4O2. The molecule has 0 bridgehead atoms. The third kappa shape index (κ3) is 3.54. The number of nitrogens with zero attached hydrogens (tertiary/aromatic N) is 3. The minimum absolute atomic E-state index is 0.0618. The summed E-state index contributed by atoms with van der Waals surface area (Å²) in [6, 6.07) is 0.328. The Morgan fingerprint density at radius 2 is 2.26 bits per heavy atom. The van der Waals surface area contributed by atoms with Gasteiger partial charge in [0.1, 0.15) is 0 Å². The second-order valence-corrected chi connectivity index (χ2v) is 5.10. The van der Waals surface area contributed by atoms with Crippen LogP contribution < -0.4 is 0 Å². The molecule has 1 aromatic heterocycles. The summed E-state index contributed by atoms with van der Waals surface area (Å²) in [6.07, 6.45) is 1.67. The van der Waals surface area contributed by atoms with E-state index in [4.69, 9.17) is 4.74 Å². The molecule has 0 aliphatic carbocycles. The maximum absolute atomic E-state index is 12.2. The van der Waals surface area contributed by atoms with E-state index >= 15 is 0 Å². The summed E-state index contributed by atoms with van der Waals surface area (Å²) in [4.78, 5) is 23.3. The number of aromatic amines is 1. The first kappa shape index (κ1) is 14.0. The molecule has 1 aliphatic heterocycles. The van der Waals surface area contributed by atoms with Crippen molar-refractivity contribution in [3.8, 4) is 0 Å². The standard InChI is InChI=1S/C13H22N4O2/c1-10-8-14-12(15-10)13(18)16(3)9-11(2)17-4-6-19-7-5-17/h8,11H,4-7,9H2,1-3H3,(H,14,15). The number of aryl methyl sites for hydroxylation is 1. The van der Waals surface area contributed by atoms with Crippen LogP contribution in [0.25, 0.3) is 0 Å². The van der Waals surface area contributed by atoms with Gasteiger partial charge in [-0.05, 0) is 13.8 Å². The summed E-state index contributed by atoms with van der Waals surface area (Å²) >= 11 is 0. The van der Waals surface area contributed by atoms with E-state index in [1.54, 1.807) is 11.1 Å². The maximum Gasteiger partial charge on any atom is 0.289 e.